The molecule has 0 fully saturated rings. The molecule has 0 radical (unpaired) electrons. The van der Waals surface area contributed by atoms with E-state index in [9.17, 15) is 14.4 Å². The molecule has 22 heavy (non-hydrogen) atoms. The molecule has 1 rings (SSSR count). The second-order valence-electron chi connectivity index (χ2n) is 5.70. The van der Waals surface area contributed by atoms with E-state index in [-0.39, 0.29) is 23.8 Å². The standard InChI is InChI=1S/C15H20N2O5/c1-15(2,3)14(21)16-8-12(18)17-10-6-5-9(13(19)20)7-11(10)22-4/h5-7H,8H2,1-4H3,(H,16,21)(H,17,18)(H,19,20). The Morgan fingerprint density at radius 3 is 2.36 bits per heavy atom. The maximum atomic E-state index is 11.8. The van der Waals surface area contributed by atoms with Gasteiger partial charge in [-0.25, -0.2) is 4.79 Å². The van der Waals surface area contributed by atoms with Crippen LogP contribution in [-0.2, 0) is 9.59 Å². The number of rotatable bonds is 5. The predicted molar refractivity (Wildman–Crippen MR) is 81.0 cm³/mol. The van der Waals surface area contributed by atoms with Gasteiger partial charge in [-0.3, -0.25) is 9.59 Å². The monoisotopic (exact) mass is 308 g/mol. The summed E-state index contributed by atoms with van der Waals surface area (Å²) >= 11 is 0. The molecule has 0 aliphatic carbocycles. The predicted octanol–water partition coefficient (Wildman–Crippen LogP) is 1.49. The Bertz CT molecular complexity index is 590. The number of nitrogens with one attached hydrogen (secondary N) is 2. The van der Waals surface area contributed by atoms with Gasteiger partial charge in [-0.1, -0.05) is 20.8 Å². The first kappa shape index (κ1) is 17.5. The number of carboxylic acids is 1. The summed E-state index contributed by atoms with van der Waals surface area (Å²) in [5, 5.41) is 14.0. The SMILES string of the molecule is COc1cc(C(=O)O)ccc1NC(=O)CNC(=O)C(C)(C)C. The zero-order valence-electron chi connectivity index (χ0n) is 13.0. The molecule has 0 bridgehead atoms. The van der Waals surface area contributed by atoms with Crippen LogP contribution >= 0.6 is 0 Å². The minimum atomic E-state index is -1.09. The Labute approximate surface area is 128 Å². The smallest absolute Gasteiger partial charge is 0.335 e. The highest BCUT2D eigenvalue weighted by Gasteiger charge is 2.21. The largest absolute Gasteiger partial charge is 0.495 e. The summed E-state index contributed by atoms with van der Waals surface area (Å²) in [4.78, 5) is 34.4. The van der Waals surface area contributed by atoms with Crippen molar-refractivity contribution in [1.82, 2.24) is 5.32 Å². The van der Waals surface area contributed by atoms with Crippen molar-refractivity contribution in [3.05, 3.63) is 23.8 Å². The number of ether oxygens (including phenoxy) is 1. The van der Waals surface area contributed by atoms with E-state index in [4.69, 9.17) is 9.84 Å². The highest BCUT2D eigenvalue weighted by molar-refractivity contribution is 5.97. The second kappa shape index (κ2) is 6.93. The maximum absolute atomic E-state index is 11.8. The van der Waals surface area contributed by atoms with Gasteiger partial charge in [0.1, 0.15) is 5.75 Å². The molecule has 0 spiro atoms. The highest BCUT2D eigenvalue weighted by atomic mass is 16.5. The van der Waals surface area contributed by atoms with Gasteiger partial charge in [-0.2, -0.15) is 0 Å². The van der Waals surface area contributed by atoms with Crippen molar-refractivity contribution in [1.29, 1.82) is 0 Å². The van der Waals surface area contributed by atoms with E-state index in [0.717, 1.165) is 0 Å². The van der Waals surface area contributed by atoms with Crippen LogP contribution < -0.4 is 15.4 Å². The van der Waals surface area contributed by atoms with E-state index in [1.165, 1.54) is 25.3 Å². The van der Waals surface area contributed by atoms with Crippen LogP contribution in [0.5, 0.6) is 5.75 Å². The number of amides is 2. The van der Waals surface area contributed by atoms with Gasteiger partial charge in [0.2, 0.25) is 11.8 Å². The van der Waals surface area contributed by atoms with Crippen molar-refractivity contribution in [3.8, 4) is 5.75 Å². The Morgan fingerprint density at radius 1 is 1.23 bits per heavy atom. The maximum Gasteiger partial charge on any atom is 0.335 e. The molecule has 120 valence electrons. The van der Waals surface area contributed by atoms with Crippen molar-refractivity contribution in [3.63, 3.8) is 0 Å². The first-order valence-corrected chi connectivity index (χ1v) is 6.64. The molecule has 1 aromatic rings. The number of carbonyl (C=O) groups is 3. The first-order valence-electron chi connectivity index (χ1n) is 6.64. The zero-order chi connectivity index (χ0) is 16.9. The molecule has 0 unspecified atom stereocenters. The summed E-state index contributed by atoms with van der Waals surface area (Å²) in [6, 6.07) is 4.10. The molecule has 7 heteroatoms. The quantitative estimate of drug-likeness (QED) is 0.764. The lowest BCUT2D eigenvalue weighted by molar-refractivity contribution is -0.130. The fourth-order valence-electron chi connectivity index (χ4n) is 1.55. The van der Waals surface area contributed by atoms with Crippen LogP contribution in [0.3, 0.4) is 0 Å². The molecule has 1 aromatic carbocycles. The van der Waals surface area contributed by atoms with Crippen LogP contribution in [0.2, 0.25) is 0 Å². The van der Waals surface area contributed by atoms with Gasteiger partial charge in [-0.15, -0.1) is 0 Å². The molecular weight excluding hydrogens is 288 g/mol. The number of carbonyl (C=O) groups excluding carboxylic acids is 2. The third-order valence-electron chi connectivity index (χ3n) is 2.81. The van der Waals surface area contributed by atoms with Crippen molar-refractivity contribution < 1.29 is 24.2 Å². The number of methoxy groups -OCH3 is 1. The van der Waals surface area contributed by atoms with Gasteiger partial charge in [0.15, 0.2) is 0 Å². The van der Waals surface area contributed by atoms with E-state index in [2.05, 4.69) is 10.6 Å². The minimum absolute atomic E-state index is 0.0517. The van der Waals surface area contributed by atoms with E-state index < -0.39 is 17.3 Å². The molecule has 0 aliphatic heterocycles. The topological polar surface area (TPSA) is 105 Å². The number of anilines is 1. The van der Waals surface area contributed by atoms with E-state index >= 15 is 0 Å². The van der Waals surface area contributed by atoms with Crippen molar-refractivity contribution >= 4 is 23.5 Å². The molecule has 0 atom stereocenters. The van der Waals surface area contributed by atoms with E-state index in [1.807, 2.05) is 0 Å². The molecule has 0 aromatic heterocycles. The third-order valence-corrected chi connectivity index (χ3v) is 2.81. The van der Waals surface area contributed by atoms with Crippen LogP contribution in [0.25, 0.3) is 0 Å². The van der Waals surface area contributed by atoms with Crippen molar-refractivity contribution in [2.45, 2.75) is 20.8 Å². The molecule has 0 aliphatic rings. The Hall–Kier alpha value is -2.57. The summed E-state index contributed by atoms with van der Waals surface area (Å²) in [5.41, 5.74) is -0.195. The van der Waals surface area contributed by atoms with Gasteiger partial charge in [0, 0.05) is 5.41 Å². The van der Waals surface area contributed by atoms with Crippen molar-refractivity contribution in [2.24, 2.45) is 5.41 Å². The normalized spacial score (nSPS) is 10.7. The van der Waals surface area contributed by atoms with Gasteiger partial charge >= 0.3 is 5.97 Å². The summed E-state index contributed by atoms with van der Waals surface area (Å²) in [7, 11) is 1.37. The van der Waals surface area contributed by atoms with Gasteiger partial charge in [0.05, 0.1) is 24.9 Å². The fraction of sp³-hybridized carbons (Fsp3) is 0.400. The molecule has 0 heterocycles. The number of aromatic carboxylic acids is 1. The number of carboxylic acid groups (broad SMARTS) is 1. The average molecular weight is 308 g/mol. The molecule has 2 amide bonds. The van der Waals surface area contributed by atoms with Crippen LogP contribution in [0.15, 0.2) is 18.2 Å². The third kappa shape index (κ3) is 4.76. The lowest BCUT2D eigenvalue weighted by Gasteiger charge is -2.17. The summed E-state index contributed by atoms with van der Waals surface area (Å²) in [6.07, 6.45) is 0. The molecule has 0 saturated heterocycles. The highest BCUT2D eigenvalue weighted by Crippen LogP contribution is 2.25. The molecule has 7 nitrogen and oxygen atoms in total. The second-order valence-corrected chi connectivity index (χ2v) is 5.70. The Balaban J connectivity index is 2.72. The Kier molecular flexibility index (Phi) is 5.50. The Morgan fingerprint density at radius 2 is 1.86 bits per heavy atom. The average Bonchev–Trinajstić information content (AvgIpc) is 2.43. The zero-order valence-corrected chi connectivity index (χ0v) is 13.0. The van der Waals surface area contributed by atoms with Crippen LogP contribution in [-0.4, -0.2) is 36.5 Å². The minimum Gasteiger partial charge on any atom is -0.495 e. The number of hydrogen-bond acceptors (Lipinski definition) is 4. The number of hydrogen-bond donors (Lipinski definition) is 3. The lowest BCUT2D eigenvalue weighted by atomic mass is 9.96. The summed E-state index contributed by atoms with van der Waals surface area (Å²) in [5.74, 6) is -1.53. The molecular formula is C15H20N2O5. The number of benzene rings is 1. The lowest BCUT2D eigenvalue weighted by Crippen LogP contribution is -2.39. The van der Waals surface area contributed by atoms with Gasteiger partial charge < -0.3 is 20.5 Å². The summed E-state index contributed by atoms with van der Waals surface area (Å²) < 4.78 is 5.05. The van der Waals surface area contributed by atoms with Crippen LogP contribution in [0, 0.1) is 5.41 Å². The van der Waals surface area contributed by atoms with Crippen LogP contribution in [0.1, 0.15) is 31.1 Å². The summed E-state index contributed by atoms with van der Waals surface area (Å²) in [6.45, 7) is 5.05. The van der Waals surface area contributed by atoms with E-state index in [0.29, 0.717) is 5.69 Å². The van der Waals surface area contributed by atoms with Crippen molar-refractivity contribution in [2.75, 3.05) is 19.0 Å². The fourth-order valence-corrected chi connectivity index (χ4v) is 1.55. The molecule has 3 N–H and O–H groups in total. The van der Waals surface area contributed by atoms with Gasteiger partial charge in [0.25, 0.3) is 0 Å². The van der Waals surface area contributed by atoms with Gasteiger partial charge in [-0.05, 0) is 18.2 Å². The molecule has 0 saturated carbocycles. The van der Waals surface area contributed by atoms with E-state index in [1.54, 1.807) is 20.8 Å². The first-order chi connectivity index (χ1) is 10.1. The van der Waals surface area contributed by atoms with Crippen LogP contribution in [0.4, 0.5) is 5.69 Å².